The second kappa shape index (κ2) is 5.31. The van der Waals surface area contributed by atoms with Gasteiger partial charge in [-0.05, 0) is 22.7 Å². The van der Waals surface area contributed by atoms with E-state index in [1.807, 2.05) is 18.2 Å². The van der Waals surface area contributed by atoms with E-state index in [2.05, 4.69) is 43.5 Å². The lowest BCUT2D eigenvalue weighted by Gasteiger charge is -2.26. The molecule has 2 aromatic rings. The van der Waals surface area contributed by atoms with Crippen molar-refractivity contribution < 1.29 is 10.0 Å². The van der Waals surface area contributed by atoms with Crippen LogP contribution in [0.4, 0.5) is 5.69 Å². The summed E-state index contributed by atoms with van der Waals surface area (Å²) >= 11 is 0. The molecule has 0 bridgehead atoms. The zero-order valence-electron chi connectivity index (χ0n) is 13.0. The largest absolute Gasteiger partial charge is 0.488 e. The first-order chi connectivity index (χ1) is 10.4. The number of allylic oxidation sites excluding steroid dienone is 1. The van der Waals surface area contributed by atoms with E-state index in [9.17, 15) is 10.0 Å². The van der Waals surface area contributed by atoms with Gasteiger partial charge >= 0.3 is 7.12 Å². The Balaban J connectivity index is 1.91. The molecule has 0 fully saturated rings. The molecule has 22 heavy (non-hydrogen) atoms. The lowest BCUT2D eigenvalue weighted by Crippen LogP contribution is -2.30. The van der Waals surface area contributed by atoms with Gasteiger partial charge in [0.15, 0.2) is 0 Å². The number of fused-ring (bicyclic) bond motifs is 1. The summed E-state index contributed by atoms with van der Waals surface area (Å²) < 4.78 is 0. The first kappa shape index (κ1) is 14.9. The van der Waals surface area contributed by atoms with Gasteiger partial charge in [0, 0.05) is 23.3 Å². The van der Waals surface area contributed by atoms with Crippen LogP contribution in [0.25, 0.3) is 0 Å². The normalized spacial score (nSPS) is 15.8. The third-order valence-electron chi connectivity index (χ3n) is 4.53. The molecule has 1 aliphatic rings. The van der Waals surface area contributed by atoms with Crippen molar-refractivity contribution in [3.05, 3.63) is 71.9 Å². The Kier molecular flexibility index (Phi) is 3.59. The maximum atomic E-state index is 9.17. The zero-order chi connectivity index (χ0) is 15.9. The summed E-state index contributed by atoms with van der Waals surface area (Å²) in [5.74, 6) is 0. The highest BCUT2D eigenvalue weighted by Gasteiger charge is 2.38. The third kappa shape index (κ3) is 2.34. The molecule has 0 aliphatic carbocycles. The SMILES string of the molecule is C=C1N(Cc2ccc(B(O)O)cc2)c2ccccc2C1(C)C. The van der Waals surface area contributed by atoms with Gasteiger partial charge < -0.3 is 14.9 Å². The predicted molar refractivity (Wildman–Crippen MR) is 91.1 cm³/mol. The van der Waals surface area contributed by atoms with E-state index in [1.165, 1.54) is 11.3 Å². The number of hydrogen-bond acceptors (Lipinski definition) is 3. The predicted octanol–water partition coefficient (Wildman–Crippen LogP) is 2.18. The van der Waals surface area contributed by atoms with Crippen LogP contribution in [-0.2, 0) is 12.0 Å². The lowest BCUT2D eigenvalue weighted by molar-refractivity contribution is 0.426. The van der Waals surface area contributed by atoms with Gasteiger partial charge in [-0.1, -0.05) is 62.9 Å². The second-order valence-electron chi connectivity index (χ2n) is 6.29. The van der Waals surface area contributed by atoms with Crippen LogP contribution in [0.3, 0.4) is 0 Å². The number of para-hydroxylation sites is 1. The van der Waals surface area contributed by atoms with Crippen LogP contribution in [0.15, 0.2) is 60.8 Å². The average molecular weight is 293 g/mol. The van der Waals surface area contributed by atoms with Gasteiger partial charge in [0.25, 0.3) is 0 Å². The number of benzene rings is 2. The van der Waals surface area contributed by atoms with E-state index in [4.69, 9.17) is 0 Å². The summed E-state index contributed by atoms with van der Waals surface area (Å²) in [6.07, 6.45) is 0. The first-order valence-corrected chi connectivity index (χ1v) is 7.42. The van der Waals surface area contributed by atoms with E-state index >= 15 is 0 Å². The van der Waals surface area contributed by atoms with Crippen molar-refractivity contribution in [2.75, 3.05) is 4.90 Å². The first-order valence-electron chi connectivity index (χ1n) is 7.42. The molecule has 0 saturated heterocycles. The van der Waals surface area contributed by atoms with Crippen LogP contribution in [0.2, 0.25) is 0 Å². The van der Waals surface area contributed by atoms with Crippen molar-refractivity contribution in [3.63, 3.8) is 0 Å². The molecule has 1 aliphatic heterocycles. The van der Waals surface area contributed by atoms with Crippen LogP contribution in [-0.4, -0.2) is 17.2 Å². The van der Waals surface area contributed by atoms with Gasteiger partial charge in [-0.15, -0.1) is 0 Å². The maximum absolute atomic E-state index is 9.17. The highest BCUT2D eigenvalue weighted by Crippen LogP contribution is 2.47. The Morgan fingerprint density at radius 3 is 2.32 bits per heavy atom. The van der Waals surface area contributed by atoms with Gasteiger partial charge in [-0.3, -0.25) is 0 Å². The minimum Gasteiger partial charge on any atom is -0.423 e. The second-order valence-corrected chi connectivity index (χ2v) is 6.29. The van der Waals surface area contributed by atoms with E-state index in [1.54, 1.807) is 12.1 Å². The molecular formula is C18H20BNO2. The fraction of sp³-hybridized carbons (Fsp3) is 0.222. The third-order valence-corrected chi connectivity index (χ3v) is 4.53. The quantitative estimate of drug-likeness (QED) is 0.853. The molecule has 3 nitrogen and oxygen atoms in total. The Hall–Kier alpha value is -2.04. The molecular weight excluding hydrogens is 273 g/mol. The number of hydrogen-bond donors (Lipinski definition) is 2. The monoisotopic (exact) mass is 293 g/mol. The van der Waals surface area contributed by atoms with Gasteiger partial charge in [-0.2, -0.15) is 0 Å². The molecule has 4 heteroatoms. The lowest BCUT2D eigenvalue weighted by atomic mass is 9.80. The summed E-state index contributed by atoms with van der Waals surface area (Å²) in [4.78, 5) is 2.24. The van der Waals surface area contributed by atoms with E-state index in [0.29, 0.717) is 5.46 Å². The van der Waals surface area contributed by atoms with Gasteiger partial charge in [-0.25, -0.2) is 0 Å². The standard InChI is InChI=1S/C18H20BNO2/c1-13-18(2,3)16-6-4-5-7-17(16)20(13)12-14-8-10-15(11-9-14)19(21)22/h4-11,21-22H,1,12H2,2-3H3. The van der Waals surface area contributed by atoms with Crippen molar-refractivity contribution in [1.29, 1.82) is 0 Å². The Bertz CT molecular complexity index is 707. The van der Waals surface area contributed by atoms with Crippen molar-refractivity contribution in [2.45, 2.75) is 25.8 Å². The minimum atomic E-state index is -1.42. The fourth-order valence-corrected chi connectivity index (χ4v) is 3.03. The number of nitrogens with zero attached hydrogens (tertiary/aromatic N) is 1. The van der Waals surface area contributed by atoms with E-state index < -0.39 is 7.12 Å². The van der Waals surface area contributed by atoms with Crippen LogP contribution in [0.5, 0.6) is 0 Å². The summed E-state index contributed by atoms with van der Waals surface area (Å²) in [7, 11) is -1.42. The smallest absolute Gasteiger partial charge is 0.423 e. The summed E-state index contributed by atoms with van der Waals surface area (Å²) in [5.41, 5.74) is 5.12. The van der Waals surface area contributed by atoms with Gasteiger partial charge in [0.2, 0.25) is 0 Å². The maximum Gasteiger partial charge on any atom is 0.488 e. The van der Waals surface area contributed by atoms with Crippen LogP contribution in [0, 0.1) is 0 Å². The van der Waals surface area contributed by atoms with E-state index in [-0.39, 0.29) is 5.41 Å². The van der Waals surface area contributed by atoms with E-state index in [0.717, 1.165) is 17.8 Å². The highest BCUT2D eigenvalue weighted by atomic mass is 16.4. The molecule has 0 saturated carbocycles. The molecule has 1 heterocycles. The Morgan fingerprint density at radius 1 is 1.05 bits per heavy atom. The molecule has 2 N–H and O–H groups in total. The molecule has 3 rings (SSSR count). The molecule has 0 spiro atoms. The fourth-order valence-electron chi connectivity index (χ4n) is 3.03. The molecule has 2 aromatic carbocycles. The number of anilines is 1. The van der Waals surface area contributed by atoms with Crippen molar-refractivity contribution in [3.8, 4) is 0 Å². The van der Waals surface area contributed by atoms with Gasteiger partial charge in [0.1, 0.15) is 0 Å². The molecule has 0 atom stereocenters. The van der Waals surface area contributed by atoms with Crippen molar-refractivity contribution in [1.82, 2.24) is 0 Å². The summed E-state index contributed by atoms with van der Waals surface area (Å²) in [5, 5.41) is 18.3. The summed E-state index contributed by atoms with van der Waals surface area (Å²) in [6, 6.07) is 15.7. The average Bonchev–Trinajstić information content (AvgIpc) is 2.69. The molecule has 0 unspecified atom stereocenters. The zero-order valence-corrected chi connectivity index (χ0v) is 13.0. The van der Waals surface area contributed by atoms with Crippen LogP contribution < -0.4 is 10.4 Å². The summed E-state index contributed by atoms with van der Waals surface area (Å²) in [6.45, 7) is 9.40. The number of rotatable bonds is 3. The molecule has 0 radical (unpaired) electrons. The van der Waals surface area contributed by atoms with Crippen molar-refractivity contribution in [2.24, 2.45) is 0 Å². The van der Waals surface area contributed by atoms with Crippen molar-refractivity contribution >= 4 is 18.3 Å². The van der Waals surface area contributed by atoms with Crippen LogP contribution >= 0.6 is 0 Å². The highest BCUT2D eigenvalue weighted by molar-refractivity contribution is 6.58. The Labute approximate surface area is 131 Å². The van der Waals surface area contributed by atoms with Crippen LogP contribution in [0.1, 0.15) is 25.0 Å². The minimum absolute atomic E-state index is 0.0716. The Morgan fingerprint density at radius 2 is 1.68 bits per heavy atom. The molecule has 0 amide bonds. The topological polar surface area (TPSA) is 43.7 Å². The molecule has 0 aromatic heterocycles. The van der Waals surface area contributed by atoms with Gasteiger partial charge in [0.05, 0.1) is 0 Å². The molecule has 112 valence electrons.